The molecule has 0 radical (unpaired) electrons. The molecule has 2 unspecified atom stereocenters. The van der Waals surface area contributed by atoms with Crippen LogP contribution >= 0.6 is 35.8 Å². The van der Waals surface area contributed by atoms with E-state index in [1.165, 1.54) is 32.0 Å². The predicted octanol–water partition coefficient (Wildman–Crippen LogP) is 5.80. The van der Waals surface area contributed by atoms with Gasteiger partial charge in [0.05, 0.1) is 20.2 Å². The van der Waals surface area contributed by atoms with Crippen LogP contribution in [0.25, 0.3) is 0 Å². The van der Waals surface area contributed by atoms with Gasteiger partial charge >= 0.3 is 6.18 Å². The van der Waals surface area contributed by atoms with Gasteiger partial charge in [0, 0.05) is 0 Å². The van der Waals surface area contributed by atoms with Gasteiger partial charge in [0.25, 0.3) is 0 Å². The molecular weight excluding hydrogens is 454 g/mol. The quantitative estimate of drug-likeness (QED) is 0.541. The number of halogens is 5. The molecule has 2 aromatic carbocycles. The molecule has 2 aromatic rings. The molecule has 2 atom stereocenters. The van der Waals surface area contributed by atoms with Crippen molar-refractivity contribution < 1.29 is 21.6 Å². The summed E-state index contributed by atoms with van der Waals surface area (Å²) in [5, 5.41) is -1.32. The zero-order valence-corrected chi connectivity index (χ0v) is 18.3. The van der Waals surface area contributed by atoms with Crippen LogP contribution < -0.4 is 4.72 Å². The minimum absolute atomic E-state index is 0.0484. The third kappa shape index (κ3) is 5.16. The molecule has 28 heavy (non-hydrogen) atoms. The van der Waals surface area contributed by atoms with E-state index >= 15 is 0 Å². The molecule has 0 aromatic heterocycles. The van der Waals surface area contributed by atoms with E-state index in [0.717, 1.165) is 5.56 Å². The van der Waals surface area contributed by atoms with Gasteiger partial charge in [0.2, 0.25) is 10.0 Å². The van der Waals surface area contributed by atoms with Gasteiger partial charge in [-0.15, -0.1) is 0 Å². The standard InChI is InChI=1S/C18H18Cl2F3NO2S2/c1-9-6-10(2)16(11(3)7-9)28(25,26)24-17(18(21,22)23)15(27)12-4-5-13(19)14(20)8-12/h4-8,15,17,24,27H,1-3H3. The summed E-state index contributed by atoms with van der Waals surface area (Å²) in [6.07, 6.45) is -4.89. The van der Waals surface area contributed by atoms with Gasteiger partial charge in [-0.3, -0.25) is 0 Å². The first-order valence-corrected chi connectivity index (χ1v) is 10.8. The Labute approximate surface area is 177 Å². The lowest BCUT2D eigenvalue weighted by Gasteiger charge is -2.27. The van der Waals surface area contributed by atoms with Crippen LogP contribution in [0.5, 0.6) is 0 Å². The van der Waals surface area contributed by atoms with Gasteiger partial charge in [-0.05, 0) is 49.6 Å². The van der Waals surface area contributed by atoms with E-state index in [-0.39, 0.29) is 20.5 Å². The molecule has 0 amide bonds. The molecule has 2 rings (SSSR count). The summed E-state index contributed by atoms with van der Waals surface area (Å²) < 4.78 is 68.5. The summed E-state index contributed by atoms with van der Waals surface area (Å²) in [5.74, 6) is 0. The second kappa shape index (κ2) is 8.44. The number of nitrogens with one attached hydrogen (secondary N) is 1. The molecule has 10 heteroatoms. The van der Waals surface area contributed by atoms with Crippen LogP contribution in [-0.4, -0.2) is 20.6 Å². The number of thiol groups is 1. The van der Waals surface area contributed by atoms with Crippen molar-refractivity contribution in [3.8, 4) is 0 Å². The molecule has 0 spiro atoms. The second-order valence-corrected chi connectivity index (χ2v) is 9.51. The maximum Gasteiger partial charge on any atom is 0.406 e. The highest BCUT2D eigenvalue weighted by Gasteiger charge is 2.47. The maximum absolute atomic E-state index is 13.7. The third-order valence-corrected chi connectivity index (χ3v) is 7.19. The Hall–Kier alpha value is -0.930. The van der Waals surface area contributed by atoms with Crippen molar-refractivity contribution in [2.24, 2.45) is 0 Å². The van der Waals surface area contributed by atoms with Gasteiger partial charge in [-0.25, -0.2) is 8.42 Å². The molecule has 0 saturated carbocycles. The first-order chi connectivity index (χ1) is 12.7. The van der Waals surface area contributed by atoms with E-state index in [1.54, 1.807) is 23.8 Å². The first kappa shape index (κ1) is 23.3. The Morgan fingerprint density at radius 2 is 1.54 bits per heavy atom. The van der Waals surface area contributed by atoms with Crippen molar-refractivity contribution in [2.75, 3.05) is 0 Å². The molecule has 154 valence electrons. The average Bonchev–Trinajstić information content (AvgIpc) is 2.52. The average molecular weight is 472 g/mol. The molecule has 0 aliphatic carbocycles. The molecule has 3 nitrogen and oxygen atoms in total. The molecule has 0 saturated heterocycles. The van der Waals surface area contributed by atoms with Gasteiger partial charge in [0.1, 0.15) is 6.04 Å². The predicted molar refractivity (Wildman–Crippen MR) is 109 cm³/mol. The maximum atomic E-state index is 13.7. The zero-order chi connectivity index (χ0) is 21.4. The van der Waals surface area contributed by atoms with Crippen molar-refractivity contribution in [1.29, 1.82) is 0 Å². The first-order valence-electron chi connectivity index (χ1n) is 8.04. The van der Waals surface area contributed by atoms with E-state index in [4.69, 9.17) is 23.2 Å². The number of sulfonamides is 1. The van der Waals surface area contributed by atoms with Gasteiger partial charge in [0.15, 0.2) is 0 Å². The molecule has 0 bridgehead atoms. The Kier molecular flexibility index (Phi) is 7.04. The second-order valence-electron chi connectivity index (χ2n) is 6.49. The molecule has 0 aliphatic heterocycles. The normalized spacial score (nSPS) is 14.8. The van der Waals surface area contributed by atoms with E-state index in [0.29, 0.717) is 11.1 Å². The Bertz CT molecular complexity index is 972. The fraction of sp³-hybridized carbons (Fsp3) is 0.333. The van der Waals surface area contributed by atoms with E-state index in [2.05, 4.69) is 12.6 Å². The lowest BCUT2D eigenvalue weighted by molar-refractivity contribution is -0.151. The molecule has 0 heterocycles. The fourth-order valence-corrected chi connectivity index (χ4v) is 5.51. The fourth-order valence-electron chi connectivity index (χ4n) is 3.02. The summed E-state index contributed by atoms with van der Waals surface area (Å²) in [4.78, 5) is -0.179. The number of benzene rings is 2. The smallest absolute Gasteiger partial charge is 0.207 e. The van der Waals surface area contributed by atoms with Crippen LogP contribution in [0, 0.1) is 20.8 Å². The monoisotopic (exact) mass is 471 g/mol. The van der Waals surface area contributed by atoms with Crippen LogP contribution in [0.1, 0.15) is 27.5 Å². The van der Waals surface area contributed by atoms with E-state index < -0.39 is 27.5 Å². The number of alkyl halides is 3. The van der Waals surface area contributed by atoms with Crippen molar-refractivity contribution >= 4 is 45.9 Å². The summed E-state index contributed by atoms with van der Waals surface area (Å²) in [5.41, 5.74) is 1.61. The number of hydrogen-bond acceptors (Lipinski definition) is 3. The van der Waals surface area contributed by atoms with Gasteiger partial charge in [-0.2, -0.15) is 30.5 Å². The SMILES string of the molecule is Cc1cc(C)c(S(=O)(=O)NC(C(S)c2ccc(Cl)c(Cl)c2)C(F)(F)F)c(C)c1. The largest absolute Gasteiger partial charge is 0.406 e. The Balaban J connectivity index is 2.49. The highest BCUT2D eigenvalue weighted by atomic mass is 35.5. The van der Waals surface area contributed by atoms with Crippen molar-refractivity contribution in [3.63, 3.8) is 0 Å². The highest BCUT2D eigenvalue weighted by Crippen LogP contribution is 2.37. The third-order valence-electron chi connectivity index (χ3n) is 4.11. The Morgan fingerprint density at radius 1 is 1.00 bits per heavy atom. The van der Waals surface area contributed by atoms with Crippen LogP contribution in [0.4, 0.5) is 13.2 Å². The van der Waals surface area contributed by atoms with Gasteiger partial charge < -0.3 is 0 Å². The van der Waals surface area contributed by atoms with E-state index in [1.807, 2.05) is 0 Å². The van der Waals surface area contributed by atoms with E-state index in [9.17, 15) is 21.6 Å². The summed E-state index contributed by atoms with van der Waals surface area (Å²) in [6.45, 7) is 4.85. The minimum atomic E-state index is -4.89. The summed E-state index contributed by atoms with van der Waals surface area (Å²) >= 11 is 15.7. The van der Waals surface area contributed by atoms with Crippen LogP contribution in [0.2, 0.25) is 10.0 Å². The Morgan fingerprint density at radius 3 is 2.00 bits per heavy atom. The molecular formula is C18H18Cl2F3NO2S2. The minimum Gasteiger partial charge on any atom is -0.207 e. The van der Waals surface area contributed by atoms with Crippen molar-refractivity contribution in [3.05, 3.63) is 62.6 Å². The van der Waals surface area contributed by atoms with Gasteiger partial charge in [-0.1, -0.05) is 47.0 Å². The van der Waals surface area contributed by atoms with Crippen molar-refractivity contribution in [2.45, 2.75) is 43.1 Å². The molecule has 0 aliphatic rings. The zero-order valence-electron chi connectivity index (χ0n) is 15.1. The van der Waals surface area contributed by atoms with Crippen LogP contribution in [-0.2, 0) is 10.0 Å². The highest BCUT2D eigenvalue weighted by molar-refractivity contribution is 7.89. The molecule has 0 fully saturated rings. The number of rotatable bonds is 5. The lowest BCUT2D eigenvalue weighted by atomic mass is 10.1. The topological polar surface area (TPSA) is 46.2 Å². The molecule has 1 N–H and O–H groups in total. The van der Waals surface area contributed by atoms with Crippen LogP contribution in [0.3, 0.4) is 0 Å². The number of hydrogen-bond donors (Lipinski definition) is 2. The lowest BCUT2D eigenvalue weighted by Crippen LogP contribution is -2.48. The van der Waals surface area contributed by atoms with Crippen LogP contribution in [0.15, 0.2) is 35.2 Å². The summed E-state index contributed by atoms with van der Waals surface area (Å²) in [7, 11) is -4.47. The van der Waals surface area contributed by atoms with Crippen molar-refractivity contribution in [1.82, 2.24) is 4.72 Å². The number of aryl methyl sites for hydroxylation is 3. The summed E-state index contributed by atoms with van der Waals surface area (Å²) in [6, 6.07) is 4.61.